The number of hydrogen-bond acceptors (Lipinski definition) is 3. The average Bonchev–Trinajstić information content (AvgIpc) is 3.06. The van der Waals surface area contributed by atoms with Crippen LogP contribution in [0.3, 0.4) is 0 Å². The molecule has 0 saturated carbocycles. The van der Waals surface area contributed by atoms with Crippen molar-refractivity contribution in [1.29, 1.82) is 0 Å². The molecule has 0 aliphatic carbocycles. The van der Waals surface area contributed by atoms with Crippen LogP contribution in [0.15, 0.2) is 60.8 Å². The van der Waals surface area contributed by atoms with E-state index in [0.29, 0.717) is 0 Å². The maximum absolute atomic E-state index is 5.98. The van der Waals surface area contributed by atoms with Gasteiger partial charge in [0.1, 0.15) is 0 Å². The average molecular weight is 308 g/mol. The number of likely N-dealkylation sites (N-methyl/N-ethyl adjacent to an activating group) is 1. The van der Waals surface area contributed by atoms with Crippen LogP contribution in [0.2, 0.25) is 0 Å². The summed E-state index contributed by atoms with van der Waals surface area (Å²) in [5.74, 6) is 5.98. The van der Waals surface area contributed by atoms with E-state index in [-0.39, 0.29) is 0 Å². The van der Waals surface area contributed by atoms with E-state index in [1.54, 1.807) is 0 Å². The highest BCUT2D eigenvalue weighted by molar-refractivity contribution is 5.78. The fourth-order valence-corrected chi connectivity index (χ4v) is 2.82. The molecule has 0 saturated heterocycles. The van der Waals surface area contributed by atoms with E-state index in [9.17, 15) is 0 Å². The highest BCUT2D eigenvalue weighted by Crippen LogP contribution is 2.20. The highest BCUT2D eigenvalue weighted by atomic mass is 15.4. The van der Waals surface area contributed by atoms with Gasteiger partial charge in [-0.05, 0) is 42.6 Å². The summed E-state index contributed by atoms with van der Waals surface area (Å²) >= 11 is 0. The molecule has 0 radical (unpaired) electrons. The first kappa shape index (κ1) is 15.6. The minimum absolute atomic E-state index is 0.896. The van der Waals surface area contributed by atoms with Crippen molar-refractivity contribution in [2.24, 2.45) is 5.84 Å². The molecular formula is C19H24N4. The number of anilines is 1. The number of H-pyrrole nitrogens is 1. The van der Waals surface area contributed by atoms with Crippen molar-refractivity contribution >= 4 is 16.6 Å². The Labute approximate surface area is 137 Å². The van der Waals surface area contributed by atoms with Gasteiger partial charge in [-0.15, -0.1) is 0 Å². The number of nitrogens with one attached hydrogen (secondary N) is 1. The Balaban J connectivity index is 0.000000149. The second kappa shape index (κ2) is 7.31. The summed E-state index contributed by atoms with van der Waals surface area (Å²) in [6, 6.07) is 18.7. The van der Waals surface area contributed by atoms with Crippen LogP contribution in [0.1, 0.15) is 5.56 Å². The van der Waals surface area contributed by atoms with E-state index in [0.717, 1.165) is 26.1 Å². The summed E-state index contributed by atoms with van der Waals surface area (Å²) in [4.78, 5) is 5.43. The van der Waals surface area contributed by atoms with E-state index in [1.807, 2.05) is 29.4 Å². The van der Waals surface area contributed by atoms with Crippen molar-refractivity contribution < 1.29 is 0 Å². The first-order valence-corrected chi connectivity index (χ1v) is 8.05. The normalized spacial score (nSPS) is 15.3. The molecule has 1 aromatic heterocycles. The Bertz CT molecular complexity index is 719. The minimum atomic E-state index is 0.896. The van der Waals surface area contributed by atoms with Crippen molar-refractivity contribution in [1.82, 2.24) is 9.88 Å². The zero-order chi connectivity index (χ0) is 16.1. The van der Waals surface area contributed by atoms with Crippen LogP contribution in [0.5, 0.6) is 0 Å². The molecule has 1 aliphatic rings. The molecule has 4 rings (SSSR count). The third-order valence-electron chi connectivity index (χ3n) is 4.25. The quantitative estimate of drug-likeness (QED) is 0.628. The van der Waals surface area contributed by atoms with E-state index in [2.05, 4.69) is 53.3 Å². The fourth-order valence-electron chi connectivity index (χ4n) is 2.82. The molecule has 0 bridgehead atoms. The molecule has 0 fully saturated rings. The molecule has 2 aromatic carbocycles. The fraction of sp³-hybridized carbons (Fsp3) is 0.263. The predicted molar refractivity (Wildman–Crippen MR) is 97.5 cm³/mol. The van der Waals surface area contributed by atoms with Gasteiger partial charge in [0, 0.05) is 31.3 Å². The summed E-state index contributed by atoms with van der Waals surface area (Å²) in [5.41, 5.74) is 3.74. The predicted octanol–water partition coefficient (Wildman–Crippen LogP) is 3.02. The second-order valence-electron chi connectivity index (χ2n) is 5.94. The van der Waals surface area contributed by atoms with Crippen LogP contribution in [-0.2, 0) is 6.42 Å². The third-order valence-corrected chi connectivity index (χ3v) is 4.25. The Kier molecular flexibility index (Phi) is 4.95. The number of para-hydroxylation sites is 2. The number of benzene rings is 2. The van der Waals surface area contributed by atoms with Crippen molar-refractivity contribution in [3.8, 4) is 0 Å². The second-order valence-corrected chi connectivity index (χ2v) is 5.94. The number of hydrazine groups is 1. The Morgan fingerprint density at radius 1 is 0.913 bits per heavy atom. The van der Waals surface area contributed by atoms with Crippen LogP contribution >= 0.6 is 0 Å². The standard InChI is InChI=1S/C11H17N3.C8H7N/c1-13-7-6-10-4-2-3-5-11(10)14(12)9-8-13;1-2-4-8-7(3-1)5-6-9-8/h2-5H,6-9,12H2,1H3;1-6,9H. The summed E-state index contributed by atoms with van der Waals surface area (Å²) in [7, 11) is 2.14. The van der Waals surface area contributed by atoms with Gasteiger partial charge in [0.05, 0.1) is 5.69 Å². The van der Waals surface area contributed by atoms with Crippen LogP contribution < -0.4 is 10.9 Å². The lowest BCUT2D eigenvalue weighted by Crippen LogP contribution is -2.41. The summed E-state index contributed by atoms with van der Waals surface area (Å²) in [5, 5.41) is 3.13. The van der Waals surface area contributed by atoms with Gasteiger partial charge in [-0.25, -0.2) is 5.84 Å². The van der Waals surface area contributed by atoms with Gasteiger partial charge in [0.25, 0.3) is 0 Å². The molecule has 120 valence electrons. The molecule has 0 spiro atoms. The summed E-state index contributed by atoms with van der Waals surface area (Å²) < 4.78 is 0. The van der Waals surface area contributed by atoms with E-state index in [4.69, 9.17) is 5.84 Å². The molecule has 2 heterocycles. The van der Waals surface area contributed by atoms with Crippen molar-refractivity contribution in [3.63, 3.8) is 0 Å². The number of fused-ring (bicyclic) bond motifs is 2. The first-order valence-electron chi connectivity index (χ1n) is 8.05. The monoisotopic (exact) mass is 308 g/mol. The Hall–Kier alpha value is -2.30. The number of aromatic nitrogens is 1. The number of rotatable bonds is 0. The van der Waals surface area contributed by atoms with E-state index >= 15 is 0 Å². The minimum Gasteiger partial charge on any atom is -0.361 e. The highest BCUT2D eigenvalue weighted by Gasteiger charge is 2.12. The van der Waals surface area contributed by atoms with Gasteiger partial charge in [-0.2, -0.15) is 0 Å². The van der Waals surface area contributed by atoms with Crippen LogP contribution in [0.25, 0.3) is 10.9 Å². The van der Waals surface area contributed by atoms with Gasteiger partial charge in [0.2, 0.25) is 0 Å². The topological polar surface area (TPSA) is 48.3 Å². The van der Waals surface area contributed by atoms with Crippen molar-refractivity contribution in [2.45, 2.75) is 6.42 Å². The van der Waals surface area contributed by atoms with Gasteiger partial charge >= 0.3 is 0 Å². The Morgan fingerprint density at radius 2 is 1.70 bits per heavy atom. The number of hydrogen-bond donors (Lipinski definition) is 2. The largest absolute Gasteiger partial charge is 0.361 e. The molecular weight excluding hydrogens is 284 g/mol. The lowest BCUT2D eigenvalue weighted by molar-refractivity contribution is 0.339. The third kappa shape index (κ3) is 3.92. The molecule has 0 unspecified atom stereocenters. The number of nitrogens with zero attached hydrogens (tertiary/aromatic N) is 2. The molecule has 4 nitrogen and oxygen atoms in total. The van der Waals surface area contributed by atoms with E-state index in [1.165, 1.54) is 22.2 Å². The van der Waals surface area contributed by atoms with Crippen molar-refractivity contribution in [3.05, 3.63) is 66.4 Å². The van der Waals surface area contributed by atoms with Crippen LogP contribution in [0.4, 0.5) is 5.69 Å². The molecule has 4 heteroatoms. The van der Waals surface area contributed by atoms with Crippen molar-refractivity contribution in [2.75, 3.05) is 31.7 Å². The van der Waals surface area contributed by atoms with Gasteiger partial charge in [0.15, 0.2) is 0 Å². The molecule has 23 heavy (non-hydrogen) atoms. The van der Waals surface area contributed by atoms with Gasteiger partial charge in [-0.3, -0.25) is 0 Å². The van der Waals surface area contributed by atoms with Gasteiger partial charge in [-0.1, -0.05) is 36.4 Å². The smallest absolute Gasteiger partial charge is 0.0550 e. The number of aromatic amines is 1. The summed E-state index contributed by atoms with van der Waals surface area (Å²) in [6.07, 6.45) is 3.03. The SMILES string of the molecule is CN1CCc2ccccc2N(N)CC1.c1ccc2[nH]ccc2c1. The molecule has 0 amide bonds. The molecule has 3 aromatic rings. The molecule has 3 N–H and O–H groups in total. The lowest BCUT2D eigenvalue weighted by atomic mass is 10.1. The molecule has 0 atom stereocenters. The first-order chi connectivity index (χ1) is 11.2. The van der Waals surface area contributed by atoms with Crippen LogP contribution in [-0.4, -0.2) is 36.6 Å². The zero-order valence-corrected chi connectivity index (χ0v) is 13.6. The summed E-state index contributed by atoms with van der Waals surface area (Å²) in [6.45, 7) is 3.04. The van der Waals surface area contributed by atoms with Gasteiger partial charge < -0.3 is 14.9 Å². The molecule has 1 aliphatic heterocycles. The lowest BCUT2D eigenvalue weighted by Gasteiger charge is -2.28. The maximum Gasteiger partial charge on any atom is 0.0550 e. The van der Waals surface area contributed by atoms with Crippen LogP contribution in [0, 0.1) is 0 Å². The van der Waals surface area contributed by atoms with E-state index < -0.39 is 0 Å². The Morgan fingerprint density at radius 3 is 2.57 bits per heavy atom. The zero-order valence-electron chi connectivity index (χ0n) is 13.6. The maximum atomic E-state index is 5.98. The number of nitrogens with two attached hydrogens (primary N) is 1.